The molecule has 2 amide bonds. The van der Waals surface area contributed by atoms with Gasteiger partial charge < -0.3 is 15.3 Å². The molecule has 1 atom stereocenters. The fourth-order valence-electron chi connectivity index (χ4n) is 1.67. The van der Waals surface area contributed by atoms with E-state index >= 15 is 0 Å². The standard InChI is InChI=1S/C12H11N3O3S/c13-5-8-1-3-9(4-2-8)14-12(18)15-7-19-6-10(15)11(16)17/h1-4,10H,6-7H2,(H,14,18)(H,16,17). The summed E-state index contributed by atoms with van der Waals surface area (Å²) in [6.45, 7) is 0. The summed E-state index contributed by atoms with van der Waals surface area (Å²) in [5.74, 6) is -0.241. The molecule has 2 N–H and O–H groups in total. The molecule has 1 heterocycles. The summed E-state index contributed by atoms with van der Waals surface area (Å²) in [6.07, 6.45) is 0. The third-order valence-corrected chi connectivity index (χ3v) is 3.71. The molecule has 0 bridgehead atoms. The molecule has 19 heavy (non-hydrogen) atoms. The van der Waals surface area contributed by atoms with Crippen molar-refractivity contribution in [3.8, 4) is 6.07 Å². The summed E-state index contributed by atoms with van der Waals surface area (Å²) in [5, 5.41) is 20.3. The predicted molar refractivity (Wildman–Crippen MR) is 70.8 cm³/mol. The first-order chi connectivity index (χ1) is 9.11. The third-order valence-electron chi connectivity index (χ3n) is 2.69. The summed E-state index contributed by atoms with van der Waals surface area (Å²) in [4.78, 5) is 24.2. The van der Waals surface area contributed by atoms with Crippen LogP contribution in [-0.2, 0) is 4.79 Å². The minimum Gasteiger partial charge on any atom is -0.480 e. The first kappa shape index (κ1) is 13.2. The number of hydrogen-bond donors (Lipinski definition) is 2. The highest BCUT2D eigenvalue weighted by molar-refractivity contribution is 7.99. The van der Waals surface area contributed by atoms with Crippen LogP contribution in [0.4, 0.5) is 10.5 Å². The van der Waals surface area contributed by atoms with Gasteiger partial charge in [-0.3, -0.25) is 0 Å². The smallest absolute Gasteiger partial charge is 0.327 e. The van der Waals surface area contributed by atoms with Crippen LogP contribution in [0.25, 0.3) is 0 Å². The lowest BCUT2D eigenvalue weighted by atomic mass is 10.2. The van der Waals surface area contributed by atoms with Gasteiger partial charge in [-0.1, -0.05) is 0 Å². The Bertz CT molecular complexity index is 538. The van der Waals surface area contributed by atoms with E-state index in [0.717, 1.165) is 0 Å². The highest BCUT2D eigenvalue weighted by atomic mass is 32.2. The van der Waals surface area contributed by atoms with E-state index in [-0.39, 0.29) is 0 Å². The number of aliphatic carboxylic acids is 1. The molecule has 1 saturated heterocycles. The van der Waals surface area contributed by atoms with E-state index in [1.54, 1.807) is 24.3 Å². The third kappa shape index (κ3) is 2.98. The van der Waals surface area contributed by atoms with E-state index in [1.807, 2.05) is 6.07 Å². The maximum atomic E-state index is 12.0. The number of carbonyl (C=O) groups excluding carboxylic acids is 1. The number of benzene rings is 1. The Morgan fingerprint density at radius 1 is 1.42 bits per heavy atom. The molecule has 0 radical (unpaired) electrons. The lowest BCUT2D eigenvalue weighted by Crippen LogP contribution is -2.43. The molecule has 1 aromatic rings. The number of carboxylic acid groups (broad SMARTS) is 1. The van der Waals surface area contributed by atoms with E-state index in [9.17, 15) is 9.59 Å². The number of carboxylic acids is 1. The Hall–Kier alpha value is -2.20. The van der Waals surface area contributed by atoms with Crippen molar-refractivity contribution in [1.29, 1.82) is 5.26 Å². The Labute approximate surface area is 114 Å². The van der Waals surface area contributed by atoms with Crippen molar-refractivity contribution in [1.82, 2.24) is 4.90 Å². The molecule has 7 heteroatoms. The predicted octanol–water partition coefficient (Wildman–Crippen LogP) is 1.55. The zero-order valence-corrected chi connectivity index (χ0v) is 10.7. The van der Waals surface area contributed by atoms with Crippen LogP contribution < -0.4 is 5.32 Å². The zero-order chi connectivity index (χ0) is 13.8. The van der Waals surface area contributed by atoms with Gasteiger partial charge in [0.25, 0.3) is 0 Å². The molecule has 6 nitrogen and oxygen atoms in total. The van der Waals surface area contributed by atoms with Crippen LogP contribution in [0.15, 0.2) is 24.3 Å². The second-order valence-electron chi connectivity index (χ2n) is 3.94. The molecule has 1 aromatic carbocycles. The van der Waals surface area contributed by atoms with E-state index < -0.39 is 18.0 Å². The van der Waals surface area contributed by atoms with Gasteiger partial charge in [-0.25, -0.2) is 9.59 Å². The van der Waals surface area contributed by atoms with Crippen molar-refractivity contribution in [2.45, 2.75) is 6.04 Å². The maximum Gasteiger partial charge on any atom is 0.327 e. The number of carbonyl (C=O) groups is 2. The minimum absolute atomic E-state index is 0.360. The second-order valence-corrected chi connectivity index (χ2v) is 4.94. The van der Waals surface area contributed by atoms with Crippen molar-refractivity contribution in [2.75, 3.05) is 16.9 Å². The maximum absolute atomic E-state index is 12.0. The summed E-state index contributed by atoms with van der Waals surface area (Å²) in [5.41, 5.74) is 1.03. The topological polar surface area (TPSA) is 93.4 Å². The van der Waals surface area contributed by atoms with Crippen LogP contribution in [-0.4, -0.2) is 39.7 Å². The lowest BCUT2D eigenvalue weighted by molar-refractivity contribution is -0.140. The SMILES string of the molecule is N#Cc1ccc(NC(=O)N2CSCC2C(=O)O)cc1. The number of nitrogens with one attached hydrogen (secondary N) is 1. The number of nitrogens with zero attached hydrogens (tertiary/aromatic N) is 2. The van der Waals surface area contributed by atoms with Crippen molar-refractivity contribution < 1.29 is 14.7 Å². The second kappa shape index (κ2) is 5.63. The number of anilines is 1. The van der Waals surface area contributed by atoms with E-state index in [4.69, 9.17) is 10.4 Å². The molecule has 0 aromatic heterocycles. The molecular formula is C12H11N3O3S. The summed E-state index contributed by atoms with van der Waals surface area (Å²) in [6, 6.07) is 7.14. The molecule has 0 spiro atoms. The van der Waals surface area contributed by atoms with E-state index in [1.165, 1.54) is 16.7 Å². The van der Waals surface area contributed by atoms with E-state index in [0.29, 0.717) is 22.9 Å². The number of amides is 2. The fourth-order valence-corrected chi connectivity index (χ4v) is 2.82. The number of nitriles is 1. The molecule has 98 valence electrons. The summed E-state index contributed by atoms with van der Waals surface area (Å²) < 4.78 is 0. The Morgan fingerprint density at radius 3 is 2.68 bits per heavy atom. The first-order valence-electron chi connectivity index (χ1n) is 5.50. The highest BCUT2D eigenvalue weighted by Crippen LogP contribution is 2.22. The zero-order valence-electron chi connectivity index (χ0n) is 9.87. The van der Waals surface area contributed by atoms with Gasteiger partial charge in [0, 0.05) is 11.4 Å². The number of thioether (sulfide) groups is 1. The van der Waals surface area contributed by atoms with Gasteiger partial charge in [0.1, 0.15) is 6.04 Å². The van der Waals surface area contributed by atoms with Crippen molar-refractivity contribution in [2.24, 2.45) is 0 Å². The van der Waals surface area contributed by atoms with Crippen LogP contribution in [0.2, 0.25) is 0 Å². The molecular weight excluding hydrogens is 266 g/mol. The van der Waals surface area contributed by atoms with Crippen molar-refractivity contribution in [3.63, 3.8) is 0 Å². The van der Waals surface area contributed by atoms with Crippen LogP contribution in [0.1, 0.15) is 5.56 Å². The van der Waals surface area contributed by atoms with Crippen LogP contribution in [0, 0.1) is 11.3 Å². The normalized spacial score (nSPS) is 17.8. The molecule has 1 aliphatic heterocycles. The van der Waals surface area contributed by atoms with Gasteiger partial charge in [0.05, 0.1) is 17.5 Å². The number of urea groups is 1. The Morgan fingerprint density at radius 2 is 2.11 bits per heavy atom. The molecule has 2 rings (SSSR count). The quantitative estimate of drug-likeness (QED) is 0.855. The van der Waals surface area contributed by atoms with Gasteiger partial charge >= 0.3 is 12.0 Å². The number of rotatable bonds is 2. The summed E-state index contributed by atoms with van der Waals surface area (Å²) >= 11 is 1.40. The lowest BCUT2D eigenvalue weighted by Gasteiger charge is -2.20. The molecule has 0 saturated carbocycles. The monoisotopic (exact) mass is 277 g/mol. The van der Waals surface area contributed by atoms with Gasteiger partial charge in [-0.2, -0.15) is 5.26 Å². The number of hydrogen-bond acceptors (Lipinski definition) is 4. The molecule has 1 aliphatic rings. The van der Waals surface area contributed by atoms with Crippen molar-refractivity contribution >= 4 is 29.4 Å². The molecule has 0 aliphatic carbocycles. The fraction of sp³-hybridized carbons (Fsp3) is 0.250. The van der Waals surface area contributed by atoms with E-state index in [2.05, 4.69) is 5.32 Å². The Kier molecular flexibility index (Phi) is 3.92. The average Bonchev–Trinajstić information content (AvgIpc) is 2.89. The van der Waals surface area contributed by atoms with Crippen LogP contribution >= 0.6 is 11.8 Å². The molecule has 1 fully saturated rings. The van der Waals surface area contributed by atoms with Crippen LogP contribution in [0.3, 0.4) is 0 Å². The van der Waals surface area contributed by atoms with Gasteiger partial charge in [0.2, 0.25) is 0 Å². The minimum atomic E-state index is -1.00. The molecule has 1 unspecified atom stereocenters. The van der Waals surface area contributed by atoms with Gasteiger partial charge in [-0.05, 0) is 24.3 Å². The average molecular weight is 277 g/mol. The highest BCUT2D eigenvalue weighted by Gasteiger charge is 2.34. The van der Waals surface area contributed by atoms with Crippen molar-refractivity contribution in [3.05, 3.63) is 29.8 Å². The van der Waals surface area contributed by atoms with Crippen LogP contribution in [0.5, 0.6) is 0 Å². The van der Waals surface area contributed by atoms with Gasteiger partial charge in [-0.15, -0.1) is 11.8 Å². The Balaban J connectivity index is 2.04. The summed E-state index contributed by atoms with van der Waals surface area (Å²) in [7, 11) is 0. The first-order valence-corrected chi connectivity index (χ1v) is 6.65. The largest absolute Gasteiger partial charge is 0.480 e. The van der Waals surface area contributed by atoms with Gasteiger partial charge in [0.15, 0.2) is 0 Å².